The average molecular weight is 300 g/mol. The van der Waals surface area contributed by atoms with E-state index in [4.69, 9.17) is 0 Å². The van der Waals surface area contributed by atoms with E-state index in [1.54, 1.807) is 0 Å². The van der Waals surface area contributed by atoms with Crippen LogP contribution in [0.25, 0.3) is 0 Å². The predicted molar refractivity (Wildman–Crippen MR) is 78.7 cm³/mol. The molecule has 2 unspecified atom stereocenters. The Labute approximate surface area is 126 Å². The third-order valence-corrected chi connectivity index (χ3v) is 4.63. The van der Waals surface area contributed by atoms with Crippen LogP contribution in [0.1, 0.15) is 32.6 Å². The Balaban J connectivity index is 1.75. The first-order valence-corrected chi connectivity index (χ1v) is 8.05. The molecule has 2 heterocycles. The number of carbonyl (C=O) groups excluding carboxylic acids is 1. The van der Waals surface area contributed by atoms with Crippen molar-refractivity contribution < 1.29 is 20.1 Å². The lowest BCUT2D eigenvalue weighted by molar-refractivity contribution is -0.133. The molecule has 2 rings (SSSR count). The summed E-state index contributed by atoms with van der Waals surface area (Å²) in [7, 11) is 0. The number of likely N-dealkylation sites (tertiary alicyclic amines) is 2. The number of aliphatic hydroxyl groups excluding tert-OH is 3. The summed E-state index contributed by atoms with van der Waals surface area (Å²) in [6.07, 6.45) is 0.689. The van der Waals surface area contributed by atoms with Crippen LogP contribution in [-0.4, -0.2) is 82.1 Å². The molecule has 0 bridgehead atoms. The molecule has 0 spiro atoms. The third kappa shape index (κ3) is 4.39. The van der Waals surface area contributed by atoms with Crippen LogP contribution in [0.3, 0.4) is 0 Å². The van der Waals surface area contributed by atoms with E-state index in [9.17, 15) is 20.1 Å². The molecule has 2 atom stereocenters. The Hall–Kier alpha value is -0.690. The highest BCUT2D eigenvalue weighted by Crippen LogP contribution is 2.21. The van der Waals surface area contributed by atoms with Gasteiger partial charge in [-0.15, -0.1) is 0 Å². The average Bonchev–Trinajstić information content (AvgIpc) is 2.45. The van der Waals surface area contributed by atoms with Crippen molar-refractivity contribution in [3.63, 3.8) is 0 Å². The highest BCUT2D eigenvalue weighted by Gasteiger charge is 2.34. The Morgan fingerprint density at radius 2 is 1.67 bits per heavy atom. The van der Waals surface area contributed by atoms with Gasteiger partial charge in [0.1, 0.15) is 6.10 Å². The first-order chi connectivity index (χ1) is 10.0. The minimum absolute atomic E-state index is 0.253. The summed E-state index contributed by atoms with van der Waals surface area (Å²) in [5.41, 5.74) is 0. The number of hydrogen-bond acceptors (Lipinski definition) is 5. The van der Waals surface area contributed by atoms with E-state index in [2.05, 4.69) is 0 Å². The van der Waals surface area contributed by atoms with Crippen LogP contribution >= 0.6 is 0 Å². The largest absolute Gasteiger partial charge is 0.389 e. The molecule has 2 aliphatic heterocycles. The number of nitrogens with zero attached hydrogens (tertiary/aromatic N) is 2. The maximum Gasteiger partial charge on any atom is 0.222 e. The number of β-amino-alcohol motifs (C(OH)–C–C–N with tert-alkyl or cyclic N) is 2. The van der Waals surface area contributed by atoms with E-state index in [0.717, 1.165) is 38.9 Å². The molecule has 0 aromatic heterocycles. The van der Waals surface area contributed by atoms with Crippen molar-refractivity contribution in [3.05, 3.63) is 0 Å². The Bertz CT molecular complexity index is 333. The third-order valence-electron chi connectivity index (χ3n) is 4.63. The van der Waals surface area contributed by atoms with E-state index in [1.165, 1.54) is 0 Å². The van der Waals surface area contributed by atoms with Crippen LogP contribution in [0.5, 0.6) is 0 Å². The van der Waals surface area contributed by atoms with Gasteiger partial charge in [0, 0.05) is 39.1 Å². The van der Waals surface area contributed by atoms with Crippen LogP contribution in [-0.2, 0) is 4.79 Å². The smallest absolute Gasteiger partial charge is 0.222 e. The predicted octanol–water partition coefficient (Wildman–Crippen LogP) is -0.577. The van der Waals surface area contributed by atoms with Gasteiger partial charge in [0.05, 0.1) is 12.2 Å². The highest BCUT2D eigenvalue weighted by atomic mass is 16.4. The molecule has 6 nitrogen and oxygen atoms in total. The first-order valence-electron chi connectivity index (χ1n) is 8.05. The second-order valence-corrected chi connectivity index (χ2v) is 6.42. The quantitative estimate of drug-likeness (QED) is 0.647. The van der Waals surface area contributed by atoms with Gasteiger partial charge in [0.2, 0.25) is 5.91 Å². The van der Waals surface area contributed by atoms with Crippen LogP contribution in [0.15, 0.2) is 0 Å². The molecule has 1 amide bonds. The summed E-state index contributed by atoms with van der Waals surface area (Å²) in [4.78, 5) is 15.8. The maximum absolute atomic E-state index is 11.8. The van der Waals surface area contributed by atoms with Crippen molar-refractivity contribution in [2.24, 2.45) is 5.92 Å². The van der Waals surface area contributed by atoms with E-state index >= 15 is 0 Å². The second-order valence-electron chi connectivity index (χ2n) is 6.42. The molecule has 2 saturated heterocycles. The summed E-state index contributed by atoms with van der Waals surface area (Å²) < 4.78 is 0. The molecule has 0 saturated carbocycles. The monoisotopic (exact) mass is 300 g/mol. The summed E-state index contributed by atoms with van der Waals surface area (Å²) in [5, 5.41) is 29.0. The minimum atomic E-state index is -1.03. The van der Waals surface area contributed by atoms with Crippen molar-refractivity contribution >= 4 is 5.91 Å². The normalized spacial score (nSPS) is 32.4. The van der Waals surface area contributed by atoms with Gasteiger partial charge in [-0.1, -0.05) is 6.92 Å². The van der Waals surface area contributed by atoms with Crippen molar-refractivity contribution in [2.45, 2.75) is 50.9 Å². The topological polar surface area (TPSA) is 84.2 Å². The zero-order chi connectivity index (χ0) is 15.4. The van der Waals surface area contributed by atoms with Crippen molar-refractivity contribution in [3.8, 4) is 0 Å². The Morgan fingerprint density at radius 3 is 2.19 bits per heavy atom. The van der Waals surface area contributed by atoms with E-state index in [-0.39, 0.29) is 5.91 Å². The van der Waals surface area contributed by atoms with Gasteiger partial charge in [-0.25, -0.2) is 0 Å². The van der Waals surface area contributed by atoms with Crippen LogP contribution in [0, 0.1) is 5.92 Å². The number of aliphatic hydroxyl groups is 3. The lowest BCUT2D eigenvalue weighted by Crippen LogP contribution is -2.56. The summed E-state index contributed by atoms with van der Waals surface area (Å²) in [6.45, 7) is 5.28. The molecule has 21 heavy (non-hydrogen) atoms. The lowest BCUT2D eigenvalue weighted by atomic mass is 9.94. The lowest BCUT2D eigenvalue weighted by Gasteiger charge is -2.40. The number of amides is 1. The summed E-state index contributed by atoms with van der Waals surface area (Å²) >= 11 is 0. The molecule has 0 aliphatic carbocycles. The van der Waals surface area contributed by atoms with Gasteiger partial charge >= 0.3 is 0 Å². The molecule has 2 aliphatic rings. The fraction of sp³-hybridized carbons (Fsp3) is 0.933. The molecule has 122 valence electrons. The van der Waals surface area contributed by atoms with Gasteiger partial charge in [-0.2, -0.15) is 0 Å². The summed E-state index contributed by atoms with van der Waals surface area (Å²) in [6, 6.07) is 0. The zero-order valence-electron chi connectivity index (χ0n) is 12.8. The maximum atomic E-state index is 11.8. The van der Waals surface area contributed by atoms with E-state index < -0.39 is 18.3 Å². The molecule has 0 aromatic rings. The number of piperidine rings is 2. The highest BCUT2D eigenvalue weighted by molar-refractivity contribution is 5.76. The molecule has 6 heteroatoms. The van der Waals surface area contributed by atoms with Gasteiger partial charge in [0.25, 0.3) is 0 Å². The van der Waals surface area contributed by atoms with Gasteiger partial charge in [-0.05, 0) is 25.2 Å². The molecule has 0 radical (unpaired) electrons. The van der Waals surface area contributed by atoms with Crippen LogP contribution < -0.4 is 0 Å². The molecule has 0 aromatic carbocycles. The van der Waals surface area contributed by atoms with E-state index in [0.29, 0.717) is 25.4 Å². The number of hydrogen-bond donors (Lipinski definition) is 3. The standard InChI is InChI=1S/C15H28N2O4/c1-2-3-14(20)17-6-4-11(5-7-17)8-16-9-12(18)15(21)13(19)10-16/h11-13,15,18-19,21H,2-10H2,1H3. The van der Waals surface area contributed by atoms with Gasteiger partial charge in [0.15, 0.2) is 0 Å². The number of carbonyl (C=O) groups is 1. The summed E-state index contributed by atoms with van der Waals surface area (Å²) in [5.74, 6) is 0.744. The molecular weight excluding hydrogens is 272 g/mol. The SMILES string of the molecule is CCCC(=O)N1CCC(CN2CC(O)C(O)C(O)C2)CC1. The molecular formula is C15H28N2O4. The van der Waals surface area contributed by atoms with Crippen molar-refractivity contribution in [1.82, 2.24) is 9.80 Å². The Kier molecular flexibility index (Phi) is 5.98. The van der Waals surface area contributed by atoms with Crippen molar-refractivity contribution in [1.29, 1.82) is 0 Å². The van der Waals surface area contributed by atoms with Gasteiger partial charge < -0.3 is 20.2 Å². The van der Waals surface area contributed by atoms with Crippen molar-refractivity contribution in [2.75, 3.05) is 32.7 Å². The molecule has 3 N–H and O–H groups in total. The number of rotatable bonds is 4. The van der Waals surface area contributed by atoms with E-state index in [1.807, 2.05) is 16.7 Å². The first kappa shape index (κ1) is 16.7. The fourth-order valence-electron chi connectivity index (χ4n) is 3.33. The van der Waals surface area contributed by atoms with Gasteiger partial charge in [-0.3, -0.25) is 9.69 Å². The van der Waals surface area contributed by atoms with Crippen LogP contribution in [0.4, 0.5) is 0 Å². The minimum Gasteiger partial charge on any atom is -0.389 e. The Morgan fingerprint density at radius 1 is 1.10 bits per heavy atom. The van der Waals surface area contributed by atoms with Crippen LogP contribution in [0.2, 0.25) is 0 Å². The molecule has 2 fully saturated rings. The second kappa shape index (κ2) is 7.54. The fourth-order valence-corrected chi connectivity index (χ4v) is 3.33. The zero-order valence-corrected chi connectivity index (χ0v) is 12.8.